The van der Waals surface area contributed by atoms with Crippen LogP contribution in [0.4, 0.5) is 8.78 Å². The van der Waals surface area contributed by atoms with Crippen molar-refractivity contribution in [3.05, 3.63) is 59.3 Å². The number of aromatic nitrogens is 1. The summed E-state index contributed by atoms with van der Waals surface area (Å²) in [5.74, 6) is -3.61. The molecule has 0 bridgehead atoms. The van der Waals surface area contributed by atoms with Gasteiger partial charge in [-0.2, -0.15) is 0 Å². The first-order chi connectivity index (χ1) is 13.2. The zero-order chi connectivity index (χ0) is 20.9. The molecule has 2 amide bonds. The lowest BCUT2D eigenvalue weighted by Gasteiger charge is -2.35. The van der Waals surface area contributed by atoms with Crippen LogP contribution in [0.1, 0.15) is 54.8 Å². The number of hydrogen-bond acceptors (Lipinski definition) is 4. The number of benzene rings is 1. The van der Waals surface area contributed by atoms with Gasteiger partial charge in [-0.1, -0.05) is 13.0 Å². The lowest BCUT2D eigenvalue weighted by molar-refractivity contribution is 0.0351. The van der Waals surface area contributed by atoms with Crippen molar-refractivity contribution in [3.63, 3.8) is 0 Å². The van der Waals surface area contributed by atoms with Crippen molar-refractivity contribution in [3.8, 4) is 5.88 Å². The van der Waals surface area contributed by atoms with Crippen LogP contribution < -0.4 is 10.2 Å². The van der Waals surface area contributed by atoms with E-state index in [2.05, 4.69) is 10.4 Å². The van der Waals surface area contributed by atoms with E-state index in [-0.39, 0.29) is 11.4 Å². The molecule has 28 heavy (non-hydrogen) atoms. The predicted molar refractivity (Wildman–Crippen MR) is 99.8 cm³/mol. The molecule has 1 aromatic carbocycles. The highest BCUT2D eigenvalue weighted by Crippen LogP contribution is 2.22. The number of ether oxygens (including phenoxy) is 1. The van der Waals surface area contributed by atoms with Crippen LogP contribution in [0.5, 0.6) is 5.88 Å². The van der Waals surface area contributed by atoms with E-state index in [0.29, 0.717) is 6.61 Å². The number of carbonyl (C=O) groups is 2. The summed E-state index contributed by atoms with van der Waals surface area (Å²) in [6.45, 7) is 7.29. The Morgan fingerprint density at radius 1 is 1.14 bits per heavy atom. The molecule has 6 nitrogen and oxygen atoms in total. The zero-order valence-corrected chi connectivity index (χ0v) is 16.3. The molecule has 8 heteroatoms. The maximum absolute atomic E-state index is 13.9. The second-order valence-corrected chi connectivity index (χ2v) is 7.05. The molecule has 0 fully saturated rings. The van der Waals surface area contributed by atoms with Gasteiger partial charge in [0, 0.05) is 6.20 Å². The van der Waals surface area contributed by atoms with Crippen molar-refractivity contribution >= 4 is 11.8 Å². The Bertz CT molecular complexity index is 846. The Morgan fingerprint density at radius 3 is 2.36 bits per heavy atom. The van der Waals surface area contributed by atoms with Gasteiger partial charge in [-0.3, -0.25) is 15.0 Å². The molecule has 0 aliphatic rings. The lowest BCUT2D eigenvalue weighted by atomic mass is 10.1. The first kappa shape index (κ1) is 21.3. The molecule has 0 saturated heterocycles. The van der Waals surface area contributed by atoms with Crippen LogP contribution >= 0.6 is 0 Å². The second kappa shape index (κ2) is 8.77. The normalized spacial score (nSPS) is 11.1. The van der Waals surface area contributed by atoms with Gasteiger partial charge in [0.05, 0.1) is 12.1 Å². The monoisotopic (exact) mass is 391 g/mol. The third kappa shape index (κ3) is 4.82. The van der Waals surface area contributed by atoms with E-state index in [4.69, 9.17) is 4.74 Å². The van der Waals surface area contributed by atoms with Gasteiger partial charge < -0.3 is 4.74 Å². The topological polar surface area (TPSA) is 71.5 Å². The number of carbonyl (C=O) groups excluding carboxylic acids is 2. The van der Waals surface area contributed by atoms with E-state index >= 15 is 0 Å². The zero-order valence-electron chi connectivity index (χ0n) is 16.3. The summed E-state index contributed by atoms with van der Waals surface area (Å²) in [5.41, 5.74) is 0.781. The van der Waals surface area contributed by atoms with Crippen LogP contribution in [0.2, 0.25) is 0 Å². The summed E-state index contributed by atoms with van der Waals surface area (Å²) in [4.78, 5) is 29.7. The molecule has 1 heterocycles. The number of pyridine rings is 1. The number of rotatable bonds is 5. The Hall–Kier alpha value is -3.03. The summed E-state index contributed by atoms with van der Waals surface area (Å²) in [5, 5.41) is 1.01. The molecule has 0 atom stereocenters. The van der Waals surface area contributed by atoms with Crippen molar-refractivity contribution in [1.29, 1.82) is 0 Å². The van der Waals surface area contributed by atoms with Crippen LogP contribution in [0.3, 0.4) is 0 Å². The maximum atomic E-state index is 13.9. The van der Waals surface area contributed by atoms with E-state index in [1.54, 1.807) is 26.8 Å². The minimum absolute atomic E-state index is 0.120. The quantitative estimate of drug-likeness (QED) is 0.789. The molecule has 2 rings (SSSR count). The minimum atomic E-state index is -1.07. The van der Waals surface area contributed by atoms with Gasteiger partial charge in [0.2, 0.25) is 5.88 Å². The molecule has 2 aromatic rings. The van der Waals surface area contributed by atoms with E-state index in [0.717, 1.165) is 29.6 Å². The van der Waals surface area contributed by atoms with Crippen LogP contribution in [0.25, 0.3) is 0 Å². The van der Waals surface area contributed by atoms with Gasteiger partial charge in [-0.25, -0.2) is 18.8 Å². The van der Waals surface area contributed by atoms with Crippen molar-refractivity contribution in [2.45, 2.75) is 39.7 Å². The lowest BCUT2D eigenvalue weighted by Crippen LogP contribution is -2.56. The fourth-order valence-electron chi connectivity index (χ4n) is 2.38. The van der Waals surface area contributed by atoms with Crippen molar-refractivity contribution in [2.75, 3.05) is 6.61 Å². The third-order valence-electron chi connectivity index (χ3n) is 3.72. The number of hydrogen-bond donors (Lipinski definition) is 1. The molecule has 0 radical (unpaired) electrons. The van der Waals surface area contributed by atoms with E-state index in [9.17, 15) is 18.4 Å². The number of hydrazine groups is 1. The first-order valence-electron chi connectivity index (χ1n) is 8.84. The Kier molecular flexibility index (Phi) is 6.66. The smallest absolute Gasteiger partial charge is 0.278 e. The SMILES string of the molecule is CCCOc1ncccc1C(=O)N(NC(=O)c1c(F)cccc1F)C(C)(C)C. The highest BCUT2D eigenvalue weighted by Gasteiger charge is 2.32. The average molecular weight is 391 g/mol. The van der Waals surface area contributed by atoms with Gasteiger partial charge in [-0.15, -0.1) is 0 Å². The maximum Gasteiger partial charge on any atom is 0.278 e. The third-order valence-corrected chi connectivity index (χ3v) is 3.72. The largest absolute Gasteiger partial charge is 0.477 e. The van der Waals surface area contributed by atoms with Crippen molar-refractivity contribution < 1.29 is 23.1 Å². The second-order valence-electron chi connectivity index (χ2n) is 7.05. The van der Waals surface area contributed by atoms with Gasteiger partial charge in [0.1, 0.15) is 22.8 Å². The average Bonchev–Trinajstić information content (AvgIpc) is 2.63. The molecule has 0 saturated carbocycles. The molecule has 1 N–H and O–H groups in total. The van der Waals surface area contributed by atoms with E-state index in [1.165, 1.54) is 12.3 Å². The molecular weight excluding hydrogens is 368 g/mol. The minimum Gasteiger partial charge on any atom is -0.477 e. The van der Waals surface area contributed by atoms with Crippen LogP contribution in [-0.4, -0.2) is 34.0 Å². The van der Waals surface area contributed by atoms with Crippen molar-refractivity contribution in [1.82, 2.24) is 15.4 Å². The predicted octanol–water partition coefficient (Wildman–Crippen LogP) is 3.73. The van der Waals surface area contributed by atoms with Crippen LogP contribution in [-0.2, 0) is 0 Å². The number of amides is 2. The summed E-state index contributed by atoms with van der Waals surface area (Å²) >= 11 is 0. The van der Waals surface area contributed by atoms with Gasteiger partial charge in [-0.05, 0) is 51.5 Å². The van der Waals surface area contributed by atoms with Crippen LogP contribution in [0, 0.1) is 11.6 Å². The molecule has 150 valence electrons. The number of halogens is 2. The molecule has 0 aliphatic heterocycles. The Labute approximate surface area is 162 Å². The fraction of sp³-hybridized carbons (Fsp3) is 0.350. The van der Waals surface area contributed by atoms with E-state index in [1.807, 2.05) is 6.92 Å². The molecule has 1 aromatic heterocycles. The summed E-state index contributed by atoms with van der Waals surface area (Å²) in [7, 11) is 0. The Morgan fingerprint density at radius 2 is 1.79 bits per heavy atom. The summed E-state index contributed by atoms with van der Waals surface area (Å²) < 4.78 is 33.4. The summed E-state index contributed by atoms with van der Waals surface area (Å²) in [6, 6.07) is 6.17. The van der Waals surface area contributed by atoms with Gasteiger partial charge in [0.15, 0.2) is 0 Å². The number of nitrogens with one attached hydrogen (secondary N) is 1. The van der Waals surface area contributed by atoms with Crippen molar-refractivity contribution in [2.24, 2.45) is 0 Å². The van der Waals surface area contributed by atoms with Gasteiger partial charge in [0.25, 0.3) is 11.8 Å². The molecule has 0 aliphatic carbocycles. The van der Waals surface area contributed by atoms with E-state index < -0.39 is 34.6 Å². The van der Waals surface area contributed by atoms with Crippen LogP contribution in [0.15, 0.2) is 36.5 Å². The fourth-order valence-corrected chi connectivity index (χ4v) is 2.38. The Balaban J connectivity index is 2.38. The number of nitrogens with zero attached hydrogens (tertiary/aromatic N) is 2. The molecular formula is C20H23F2N3O3. The standard InChI is InChI=1S/C20H23F2N3O3/c1-5-12-28-18-13(8-7-11-23-18)19(27)25(20(2,3)4)24-17(26)16-14(21)9-6-10-15(16)22/h6-11H,5,12H2,1-4H3,(H,24,26). The first-order valence-corrected chi connectivity index (χ1v) is 8.84. The highest BCUT2D eigenvalue weighted by molar-refractivity contribution is 6.00. The van der Waals surface area contributed by atoms with Gasteiger partial charge >= 0.3 is 0 Å². The molecule has 0 spiro atoms. The molecule has 0 unspecified atom stereocenters. The highest BCUT2D eigenvalue weighted by atomic mass is 19.1. The summed E-state index contributed by atoms with van der Waals surface area (Å²) in [6.07, 6.45) is 2.20.